The molecule has 1 aliphatic rings. The molecule has 5 heteroatoms. The average Bonchev–Trinajstić information content (AvgIpc) is 2.73. The van der Waals surface area contributed by atoms with Crippen molar-refractivity contribution < 1.29 is 24.2 Å². The first-order chi connectivity index (χ1) is 7.72. The first kappa shape index (κ1) is 10.1. The van der Waals surface area contributed by atoms with Crippen molar-refractivity contribution in [3.63, 3.8) is 0 Å². The first-order valence-electron chi connectivity index (χ1n) is 4.35. The lowest BCUT2D eigenvalue weighted by Gasteiger charge is -2.01. The van der Waals surface area contributed by atoms with Crippen LogP contribution in [0.1, 0.15) is 15.9 Å². The van der Waals surface area contributed by atoms with Gasteiger partial charge in [-0.05, 0) is 12.1 Å². The number of carbonyl (C=O) groups excluding carboxylic acids is 1. The minimum Gasteiger partial charge on any atom is -0.472 e. The van der Waals surface area contributed by atoms with Crippen LogP contribution in [-0.2, 0) is 4.79 Å². The molecule has 0 radical (unpaired) electrons. The van der Waals surface area contributed by atoms with Crippen LogP contribution in [0.2, 0.25) is 0 Å². The predicted octanol–water partition coefficient (Wildman–Crippen LogP) is 0.664. The maximum absolute atomic E-state index is 10.8. The second-order valence-electron chi connectivity index (χ2n) is 2.94. The zero-order valence-electron chi connectivity index (χ0n) is 8.02. The monoisotopic (exact) mass is 218 g/mol. The molecule has 80 valence electrons. The van der Waals surface area contributed by atoms with Gasteiger partial charge >= 0.3 is 5.97 Å². The molecule has 1 aromatic rings. The summed E-state index contributed by atoms with van der Waals surface area (Å²) < 4.78 is 10.2. The van der Waals surface area contributed by atoms with Gasteiger partial charge < -0.3 is 14.6 Å². The van der Waals surface area contributed by atoms with E-state index >= 15 is 0 Å². The molecule has 0 unspecified atom stereocenters. The number of hydrogen-bond acceptors (Lipinski definition) is 4. The van der Waals surface area contributed by atoms with Crippen LogP contribution >= 0.6 is 0 Å². The summed E-state index contributed by atoms with van der Waals surface area (Å²) >= 11 is 0. The van der Waals surface area contributed by atoms with Crippen LogP contribution in [0, 0.1) is 11.8 Å². The molecule has 1 heterocycles. The van der Waals surface area contributed by atoms with Gasteiger partial charge in [-0.2, -0.15) is 0 Å². The van der Waals surface area contributed by atoms with E-state index in [1.54, 1.807) is 6.07 Å². The summed E-state index contributed by atoms with van der Waals surface area (Å²) in [5.74, 6) is 3.82. The van der Waals surface area contributed by atoms with Crippen LogP contribution in [0.15, 0.2) is 12.1 Å². The number of benzene rings is 1. The third-order valence-electron chi connectivity index (χ3n) is 1.99. The van der Waals surface area contributed by atoms with E-state index in [1.165, 1.54) is 6.07 Å². The second kappa shape index (κ2) is 3.95. The van der Waals surface area contributed by atoms with E-state index in [4.69, 9.17) is 14.6 Å². The van der Waals surface area contributed by atoms with E-state index in [0.29, 0.717) is 17.8 Å². The highest BCUT2D eigenvalue weighted by Gasteiger charge is 2.19. The van der Waals surface area contributed by atoms with Gasteiger partial charge in [-0.25, -0.2) is 4.79 Å². The summed E-state index contributed by atoms with van der Waals surface area (Å²) in [6.45, 7) is 0.0411. The Labute approximate surface area is 90.6 Å². The average molecular weight is 218 g/mol. The van der Waals surface area contributed by atoms with Crippen LogP contribution in [0.25, 0.3) is 0 Å². The van der Waals surface area contributed by atoms with E-state index < -0.39 is 5.97 Å². The summed E-state index contributed by atoms with van der Waals surface area (Å²) in [6.07, 6.45) is 0.591. The molecular formula is C11H6O5. The van der Waals surface area contributed by atoms with Gasteiger partial charge in [0.05, 0.1) is 5.56 Å². The highest BCUT2D eigenvalue weighted by Crippen LogP contribution is 2.36. The highest BCUT2D eigenvalue weighted by atomic mass is 16.7. The van der Waals surface area contributed by atoms with Crippen molar-refractivity contribution in [3.05, 3.63) is 23.3 Å². The zero-order valence-corrected chi connectivity index (χ0v) is 8.02. The fourth-order valence-corrected chi connectivity index (χ4v) is 1.33. The number of carboxylic acids is 1. The number of rotatable bonds is 1. The number of ether oxygens (including phenoxy) is 2. The third-order valence-corrected chi connectivity index (χ3v) is 1.99. The summed E-state index contributed by atoms with van der Waals surface area (Å²) in [6, 6.07) is 3.09. The topological polar surface area (TPSA) is 72.8 Å². The molecule has 1 aromatic carbocycles. The first-order valence-corrected chi connectivity index (χ1v) is 4.35. The molecule has 0 fully saturated rings. The quantitative estimate of drug-likeness (QED) is 0.553. The molecule has 0 amide bonds. The van der Waals surface area contributed by atoms with E-state index in [1.807, 2.05) is 5.92 Å². The van der Waals surface area contributed by atoms with Crippen LogP contribution in [-0.4, -0.2) is 24.2 Å². The lowest BCUT2D eigenvalue weighted by Crippen LogP contribution is -1.95. The molecule has 0 saturated heterocycles. The van der Waals surface area contributed by atoms with Crippen LogP contribution < -0.4 is 9.47 Å². The van der Waals surface area contributed by atoms with E-state index in [0.717, 1.165) is 0 Å². The maximum atomic E-state index is 10.8. The van der Waals surface area contributed by atoms with Crippen LogP contribution in [0.5, 0.6) is 11.5 Å². The molecule has 2 rings (SSSR count). The Balaban J connectivity index is 2.57. The summed E-state index contributed by atoms with van der Waals surface area (Å²) in [5.41, 5.74) is 0.519. The number of aliphatic carboxylic acids is 1. The SMILES string of the molecule is O=Cc1ccc2c(c1C#CC(=O)O)OCO2. The van der Waals surface area contributed by atoms with Crippen molar-refractivity contribution in [2.75, 3.05) is 6.79 Å². The molecular weight excluding hydrogens is 212 g/mol. The third kappa shape index (κ3) is 1.68. The van der Waals surface area contributed by atoms with Crippen LogP contribution in [0.4, 0.5) is 0 Å². The predicted molar refractivity (Wildman–Crippen MR) is 52.5 cm³/mol. The van der Waals surface area contributed by atoms with Crippen molar-refractivity contribution in [2.24, 2.45) is 0 Å². The standard InChI is InChI=1S/C11H6O5/c12-5-7-1-3-9-11(16-6-15-9)8(7)2-4-10(13)14/h1,3,5H,6H2,(H,13,14). The molecule has 0 aromatic heterocycles. The molecule has 1 N–H and O–H groups in total. The van der Waals surface area contributed by atoms with Crippen LogP contribution in [0.3, 0.4) is 0 Å². The molecule has 16 heavy (non-hydrogen) atoms. The normalized spacial score (nSPS) is 11.5. The zero-order chi connectivity index (χ0) is 11.5. The van der Waals surface area contributed by atoms with Gasteiger partial charge in [0.1, 0.15) is 0 Å². The van der Waals surface area contributed by atoms with Gasteiger partial charge in [0, 0.05) is 11.5 Å². The Kier molecular flexibility index (Phi) is 2.48. The minimum absolute atomic E-state index is 0.0411. The van der Waals surface area contributed by atoms with Crippen molar-refractivity contribution in [3.8, 4) is 23.3 Å². The van der Waals surface area contributed by atoms with Gasteiger partial charge in [-0.1, -0.05) is 5.92 Å². The van der Waals surface area contributed by atoms with Crippen molar-refractivity contribution in [1.29, 1.82) is 0 Å². The largest absolute Gasteiger partial charge is 0.472 e. The maximum Gasteiger partial charge on any atom is 0.382 e. The number of aldehydes is 1. The lowest BCUT2D eigenvalue weighted by atomic mass is 10.1. The van der Waals surface area contributed by atoms with Gasteiger partial charge in [0.15, 0.2) is 17.8 Å². The van der Waals surface area contributed by atoms with Crippen molar-refractivity contribution in [2.45, 2.75) is 0 Å². The van der Waals surface area contributed by atoms with Gasteiger partial charge in [-0.15, -0.1) is 0 Å². The summed E-state index contributed by atoms with van der Waals surface area (Å²) in [4.78, 5) is 21.1. The number of carboxylic acid groups (broad SMARTS) is 1. The Bertz CT molecular complexity index is 521. The van der Waals surface area contributed by atoms with Gasteiger partial charge in [0.25, 0.3) is 0 Å². The van der Waals surface area contributed by atoms with Crippen molar-refractivity contribution in [1.82, 2.24) is 0 Å². The van der Waals surface area contributed by atoms with E-state index in [9.17, 15) is 9.59 Å². The Morgan fingerprint density at radius 2 is 2.25 bits per heavy atom. The van der Waals surface area contributed by atoms with E-state index in [-0.39, 0.29) is 17.9 Å². The molecule has 0 atom stereocenters. The lowest BCUT2D eigenvalue weighted by molar-refractivity contribution is -0.130. The molecule has 0 bridgehead atoms. The van der Waals surface area contributed by atoms with Crippen molar-refractivity contribution >= 4 is 12.3 Å². The number of fused-ring (bicyclic) bond motifs is 1. The Hall–Kier alpha value is -2.48. The number of carbonyl (C=O) groups is 2. The smallest absolute Gasteiger partial charge is 0.382 e. The second-order valence-corrected chi connectivity index (χ2v) is 2.94. The fraction of sp³-hybridized carbons (Fsp3) is 0.0909. The molecule has 5 nitrogen and oxygen atoms in total. The Morgan fingerprint density at radius 3 is 2.94 bits per heavy atom. The van der Waals surface area contributed by atoms with E-state index in [2.05, 4.69) is 5.92 Å². The minimum atomic E-state index is -1.27. The Morgan fingerprint density at radius 1 is 1.44 bits per heavy atom. The van der Waals surface area contributed by atoms with Gasteiger partial charge in [-0.3, -0.25) is 4.79 Å². The number of hydrogen-bond donors (Lipinski definition) is 1. The molecule has 0 saturated carbocycles. The summed E-state index contributed by atoms with van der Waals surface area (Å²) in [5, 5.41) is 8.45. The fourth-order valence-electron chi connectivity index (χ4n) is 1.33. The van der Waals surface area contributed by atoms with Gasteiger partial charge in [0.2, 0.25) is 6.79 Å². The molecule has 1 aliphatic heterocycles. The summed E-state index contributed by atoms with van der Waals surface area (Å²) in [7, 11) is 0. The molecule has 0 spiro atoms. The highest BCUT2D eigenvalue weighted by molar-refractivity contribution is 5.89. The molecule has 0 aliphatic carbocycles.